The zero-order valence-corrected chi connectivity index (χ0v) is 6.09. The first-order valence-electron chi connectivity index (χ1n) is 2.95. The highest BCUT2D eigenvalue weighted by molar-refractivity contribution is 5.70. The maximum absolute atomic E-state index is 11.5. The van der Waals surface area contributed by atoms with E-state index in [1.807, 2.05) is 0 Å². The van der Waals surface area contributed by atoms with Gasteiger partial charge in [0.2, 0.25) is 0 Å². The van der Waals surface area contributed by atoms with Crippen LogP contribution in [0.3, 0.4) is 0 Å². The van der Waals surface area contributed by atoms with Gasteiger partial charge in [-0.3, -0.25) is 0 Å². The first kappa shape index (κ1) is 9.36. The molecule has 0 saturated carbocycles. The third-order valence-corrected chi connectivity index (χ3v) is 0.843. The van der Waals surface area contributed by atoms with Crippen molar-refractivity contribution in [2.75, 3.05) is 20.4 Å². The van der Waals surface area contributed by atoms with Gasteiger partial charge in [0.25, 0.3) is 0 Å². The van der Waals surface area contributed by atoms with Crippen molar-refractivity contribution in [1.29, 1.82) is 0 Å². The Hall–Kier alpha value is -0.640. The Morgan fingerprint density at radius 1 is 1.70 bits per heavy atom. The SMILES string of the molecule is COCC(C)OC(=O)CF. The van der Waals surface area contributed by atoms with E-state index in [1.165, 1.54) is 7.11 Å². The molecule has 0 fully saturated rings. The lowest BCUT2D eigenvalue weighted by atomic mass is 10.4. The Balaban J connectivity index is 3.37. The second-order valence-corrected chi connectivity index (χ2v) is 1.89. The van der Waals surface area contributed by atoms with E-state index in [9.17, 15) is 9.18 Å². The van der Waals surface area contributed by atoms with Gasteiger partial charge in [-0.2, -0.15) is 0 Å². The predicted octanol–water partition coefficient (Wildman–Crippen LogP) is 0.534. The van der Waals surface area contributed by atoms with E-state index in [4.69, 9.17) is 0 Å². The second kappa shape index (κ2) is 5.17. The molecule has 0 aromatic heterocycles. The third-order valence-electron chi connectivity index (χ3n) is 0.843. The maximum atomic E-state index is 11.5. The number of methoxy groups -OCH3 is 1. The number of alkyl halides is 1. The lowest BCUT2D eigenvalue weighted by Gasteiger charge is -2.09. The summed E-state index contributed by atoms with van der Waals surface area (Å²) in [6.07, 6.45) is -0.367. The van der Waals surface area contributed by atoms with E-state index in [2.05, 4.69) is 9.47 Å². The number of carbonyl (C=O) groups is 1. The Kier molecular flexibility index (Phi) is 4.84. The van der Waals surface area contributed by atoms with Crippen LogP contribution in [-0.4, -0.2) is 32.5 Å². The number of esters is 1. The highest BCUT2D eigenvalue weighted by atomic mass is 19.1. The van der Waals surface area contributed by atoms with E-state index < -0.39 is 12.6 Å². The summed E-state index contributed by atoms with van der Waals surface area (Å²) in [5, 5.41) is 0. The summed E-state index contributed by atoms with van der Waals surface area (Å²) in [4.78, 5) is 10.2. The molecule has 0 bridgehead atoms. The topological polar surface area (TPSA) is 35.5 Å². The minimum Gasteiger partial charge on any atom is -0.458 e. The summed E-state index contributed by atoms with van der Waals surface area (Å²) >= 11 is 0. The van der Waals surface area contributed by atoms with Crippen molar-refractivity contribution in [2.24, 2.45) is 0 Å². The lowest BCUT2D eigenvalue weighted by Crippen LogP contribution is -2.20. The quantitative estimate of drug-likeness (QED) is 0.548. The van der Waals surface area contributed by atoms with E-state index in [0.29, 0.717) is 6.61 Å². The van der Waals surface area contributed by atoms with Gasteiger partial charge in [0.15, 0.2) is 6.67 Å². The van der Waals surface area contributed by atoms with Crippen LogP contribution in [-0.2, 0) is 14.3 Å². The summed E-state index contributed by atoms with van der Waals surface area (Å²) in [6, 6.07) is 0. The Morgan fingerprint density at radius 2 is 2.30 bits per heavy atom. The number of hydrogen-bond donors (Lipinski definition) is 0. The first-order valence-corrected chi connectivity index (χ1v) is 2.95. The smallest absolute Gasteiger partial charge is 0.337 e. The molecule has 0 spiro atoms. The number of rotatable bonds is 4. The van der Waals surface area contributed by atoms with Crippen molar-refractivity contribution in [3.05, 3.63) is 0 Å². The van der Waals surface area contributed by atoms with Crippen LogP contribution >= 0.6 is 0 Å². The summed E-state index contributed by atoms with van der Waals surface area (Å²) in [6.45, 7) is 0.858. The summed E-state index contributed by atoms with van der Waals surface area (Å²) in [7, 11) is 1.49. The van der Waals surface area contributed by atoms with Gasteiger partial charge in [0, 0.05) is 7.11 Å². The molecule has 10 heavy (non-hydrogen) atoms. The second-order valence-electron chi connectivity index (χ2n) is 1.89. The van der Waals surface area contributed by atoms with Gasteiger partial charge >= 0.3 is 5.97 Å². The van der Waals surface area contributed by atoms with Crippen LogP contribution < -0.4 is 0 Å². The molecule has 0 aromatic rings. The molecule has 0 saturated heterocycles. The van der Waals surface area contributed by atoms with Gasteiger partial charge in [-0.1, -0.05) is 0 Å². The van der Waals surface area contributed by atoms with E-state index in [1.54, 1.807) is 6.92 Å². The number of ether oxygens (including phenoxy) is 2. The van der Waals surface area contributed by atoms with Crippen molar-refractivity contribution in [2.45, 2.75) is 13.0 Å². The number of carbonyl (C=O) groups excluding carboxylic acids is 1. The van der Waals surface area contributed by atoms with Gasteiger partial charge < -0.3 is 9.47 Å². The molecule has 0 radical (unpaired) electrons. The zero-order valence-electron chi connectivity index (χ0n) is 6.09. The van der Waals surface area contributed by atoms with Crippen LogP contribution in [0.4, 0.5) is 4.39 Å². The molecule has 0 aromatic carbocycles. The molecule has 0 amide bonds. The Morgan fingerprint density at radius 3 is 2.70 bits per heavy atom. The number of halogens is 1. The van der Waals surface area contributed by atoms with E-state index in [-0.39, 0.29) is 6.10 Å². The molecule has 1 unspecified atom stereocenters. The molecule has 4 heteroatoms. The molecule has 1 atom stereocenters. The van der Waals surface area contributed by atoms with Gasteiger partial charge in [-0.25, -0.2) is 9.18 Å². The van der Waals surface area contributed by atoms with Crippen LogP contribution in [0.2, 0.25) is 0 Å². The van der Waals surface area contributed by atoms with Crippen molar-refractivity contribution in [1.82, 2.24) is 0 Å². The van der Waals surface area contributed by atoms with Crippen LogP contribution in [0.5, 0.6) is 0 Å². The van der Waals surface area contributed by atoms with Crippen molar-refractivity contribution < 1.29 is 18.7 Å². The van der Waals surface area contributed by atoms with Crippen LogP contribution in [0.25, 0.3) is 0 Å². The van der Waals surface area contributed by atoms with Crippen molar-refractivity contribution >= 4 is 5.97 Å². The van der Waals surface area contributed by atoms with Crippen molar-refractivity contribution in [3.63, 3.8) is 0 Å². The average molecular weight is 150 g/mol. The fourth-order valence-electron chi connectivity index (χ4n) is 0.525. The van der Waals surface area contributed by atoms with Gasteiger partial charge in [-0.15, -0.1) is 0 Å². The normalized spacial score (nSPS) is 12.7. The summed E-state index contributed by atoms with van der Waals surface area (Å²) < 4.78 is 20.6. The zero-order chi connectivity index (χ0) is 7.98. The van der Waals surface area contributed by atoms with Gasteiger partial charge in [0.1, 0.15) is 6.10 Å². The van der Waals surface area contributed by atoms with E-state index in [0.717, 1.165) is 0 Å². The lowest BCUT2D eigenvalue weighted by molar-refractivity contribution is -0.151. The molecule has 0 aliphatic rings. The molecule has 0 N–H and O–H groups in total. The minimum atomic E-state index is -1.08. The molecule has 0 aliphatic heterocycles. The Labute approximate surface area is 59.1 Å². The van der Waals surface area contributed by atoms with E-state index >= 15 is 0 Å². The van der Waals surface area contributed by atoms with Crippen LogP contribution in [0.15, 0.2) is 0 Å². The minimum absolute atomic E-state index is 0.297. The van der Waals surface area contributed by atoms with Gasteiger partial charge in [-0.05, 0) is 6.92 Å². The van der Waals surface area contributed by atoms with Crippen LogP contribution in [0, 0.1) is 0 Å². The largest absolute Gasteiger partial charge is 0.458 e. The Bertz CT molecular complexity index is 105. The monoisotopic (exact) mass is 150 g/mol. The molecule has 0 heterocycles. The molecule has 3 nitrogen and oxygen atoms in total. The maximum Gasteiger partial charge on any atom is 0.337 e. The van der Waals surface area contributed by atoms with Gasteiger partial charge in [0.05, 0.1) is 6.61 Å². The molecule has 0 rings (SSSR count). The summed E-state index contributed by atoms with van der Waals surface area (Å²) in [5.41, 5.74) is 0. The predicted molar refractivity (Wildman–Crippen MR) is 33.4 cm³/mol. The first-order chi connectivity index (χ1) is 4.70. The fraction of sp³-hybridized carbons (Fsp3) is 0.833. The third kappa shape index (κ3) is 4.26. The fourth-order valence-corrected chi connectivity index (χ4v) is 0.525. The highest BCUT2D eigenvalue weighted by Gasteiger charge is 2.07. The average Bonchev–Trinajstić information content (AvgIpc) is 1.88. The van der Waals surface area contributed by atoms with Crippen LogP contribution in [0.1, 0.15) is 6.92 Å². The molecular formula is C6H11FO3. The molecule has 60 valence electrons. The highest BCUT2D eigenvalue weighted by Crippen LogP contribution is 1.91. The summed E-state index contributed by atoms with van der Waals surface area (Å²) in [5.74, 6) is -0.843. The molecule has 0 aliphatic carbocycles. The number of hydrogen-bond acceptors (Lipinski definition) is 3. The molecular weight excluding hydrogens is 139 g/mol. The van der Waals surface area contributed by atoms with Crippen molar-refractivity contribution in [3.8, 4) is 0 Å². The standard InChI is InChI=1S/C6H11FO3/c1-5(4-9-2)10-6(8)3-7/h5H,3-4H2,1-2H3.